The normalized spacial score (nSPS) is 9.83. The van der Waals surface area contributed by atoms with Gasteiger partial charge in [-0.15, -0.1) is 0 Å². The summed E-state index contributed by atoms with van der Waals surface area (Å²) in [5.41, 5.74) is -0.00642. The van der Waals surface area contributed by atoms with Crippen molar-refractivity contribution < 1.29 is 24.5 Å². The first kappa shape index (κ1) is 13.8. The first-order valence-electron chi connectivity index (χ1n) is 5.41. The summed E-state index contributed by atoms with van der Waals surface area (Å²) in [5, 5.41) is 21.2. The fraction of sp³-hybridized carbons (Fsp3) is 0.333. The zero-order valence-electron chi connectivity index (χ0n) is 9.97. The lowest BCUT2D eigenvalue weighted by Crippen LogP contribution is -2.25. The molecular formula is C12H15NO5. The average molecular weight is 253 g/mol. The molecule has 1 aromatic carbocycles. The molecule has 0 aliphatic heterocycles. The molecule has 1 amide bonds. The van der Waals surface area contributed by atoms with Crippen LogP contribution in [0.3, 0.4) is 0 Å². The standard InChI is InChI=1S/C12H15NO5/c1-18-11(16)3-2-6-13-12(17)9-7-8(14)4-5-10(9)15/h4-5,7,14-15H,2-3,6H2,1H3,(H,13,17). The van der Waals surface area contributed by atoms with Gasteiger partial charge in [-0.1, -0.05) is 0 Å². The number of nitrogens with one attached hydrogen (secondary N) is 1. The number of carbonyl (C=O) groups is 2. The van der Waals surface area contributed by atoms with E-state index in [1.807, 2.05) is 0 Å². The van der Waals surface area contributed by atoms with Crippen molar-refractivity contribution in [2.45, 2.75) is 12.8 Å². The molecule has 1 rings (SSSR count). The summed E-state index contributed by atoms with van der Waals surface area (Å²) in [4.78, 5) is 22.5. The highest BCUT2D eigenvalue weighted by Crippen LogP contribution is 2.21. The molecule has 0 unspecified atom stereocenters. The fourth-order valence-electron chi connectivity index (χ4n) is 1.34. The number of aromatic hydroxyl groups is 2. The number of rotatable bonds is 5. The van der Waals surface area contributed by atoms with Crippen LogP contribution in [-0.2, 0) is 9.53 Å². The van der Waals surface area contributed by atoms with Crippen molar-refractivity contribution in [2.24, 2.45) is 0 Å². The lowest BCUT2D eigenvalue weighted by molar-refractivity contribution is -0.140. The van der Waals surface area contributed by atoms with Gasteiger partial charge in [-0.3, -0.25) is 9.59 Å². The largest absolute Gasteiger partial charge is 0.508 e. The molecule has 1 aromatic rings. The molecule has 0 saturated carbocycles. The molecule has 0 atom stereocenters. The van der Waals surface area contributed by atoms with E-state index in [1.165, 1.54) is 25.3 Å². The second-order valence-electron chi connectivity index (χ2n) is 3.64. The molecule has 0 aliphatic rings. The van der Waals surface area contributed by atoms with Gasteiger partial charge in [0.2, 0.25) is 0 Å². The van der Waals surface area contributed by atoms with Crippen LogP contribution >= 0.6 is 0 Å². The molecule has 0 heterocycles. The molecule has 0 spiro atoms. The van der Waals surface area contributed by atoms with Crippen LogP contribution in [0.4, 0.5) is 0 Å². The topological polar surface area (TPSA) is 95.9 Å². The Kier molecular flexibility index (Phi) is 4.98. The van der Waals surface area contributed by atoms with Gasteiger partial charge in [-0.25, -0.2) is 0 Å². The second kappa shape index (κ2) is 6.48. The zero-order valence-corrected chi connectivity index (χ0v) is 9.97. The summed E-state index contributed by atoms with van der Waals surface area (Å²) in [6, 6.07) is 3.69. The highest BCUT2D eigenvalue weighted by Gasteiger charge is 2.11. The third-order valence-corrected chi connectivity index (χ3v) is 2.30. The van der Waals surface area contributed by atoms with E-state index >= 15 is 0 Å². The molecule has 0 bridgehead atoms. The molecule has 98 valence electrons. The molecule has 0 aromatic heterocycles. The van der Waals surface area contributed by atoms with Crippen molar-refractivity contribution in [1.82, 2.24) is 5.32 Å². The maximum absolute atomic E-state index is 11.6. The lowest BCUT2D eigenvalue weighted by atomic mass is 10.1. The van der Waals surface area contributed by atoms with E-state index in [0.29, 0.717) is 6.42 Å². The van der Waals surface area contributed by atoms with Crippen LogP contribution in [0.2, 0.25) is 0 Å². The van der Waals surface area contributed by atoms with Crippen LogP contribution in [0.5, 0.6) is 11.5 Å². The number of benzene rings is 1. The number of hydrogen-bond donors (Lipinski definition) is 3. The number of amides is 1. The summed E-state index contributed by atoms with van der Waals surface area (Å²) >= 11 is 0. The average Bonchev–Trinajstić information content (AvgIpc) is 2.36. The van der Waals surface area contributed by atoms with E-state index in [4.69, 9.17) is 0 Å². The first-order chi connectivity index (χ1) is 8.54. The number of phenolic OH excluding ortho intramolecular Hbond substituents is 2. The minimum absolute atomic E-state index is 0.00642. The van der Waals surface area contributed by atoms with Gasteiger partial charge in [0.05, 0.1) is 12.7 Å². The maximum atomic E-state index is 11.6. The predicted octanol–water partition coefficient (Wildman–Crippen LogP) is 0.781. The van der Waals surface area contributed by atoms with Gasteiger partial charge in [0.25, 0.3) is 5.91 Å². The number of carbonyl (C=O) groups excluding carboxylic acids is 2. The highest BCUT2D eigenvalue weighted by molar-refractivity contribution is 5.97. The summed E-state index contributed by atoms with van der Waals surface area (Å²) in [7, 11) is 1.30. The molecule has 0 radical (unpaired) electrons. The van der Waals surface area contributed by atoms with E-state index in [9.17, 15) is 19.8 Å². The van der Waals surface area contributed by atoms with Gasteiger partial charge < -0.3 is 20.3 Å². The van der Waals surface area contributed by atoms with Crippen LogP contribution in [0.1, 0.15) is 23.2 Å². The van der Waals surface area contributed by atoms with Crippen molar-refractivity contribution in [2.75, 3.05) is 13.7 Å². The Hall–Kier alpha value is -2.24. The number of hydrogen-bond acceptors (Lipinski definition) is 5. The molecule has 3 N–H and O–H groups in total. The SMILES string of the molecule is COC(=O)CCCNC(=O)c1cc(O)ccc1O. The molecule has 0 saturated heterocycles. The van der Waals surface area contributed by atoms with Crippen molar-refractivity contribution >= 4 is 11.9 Å². The monoisotopic (exact) mass is 253 g/mol. The summed E-state index contributed by atoms with van der Waals surface area (Å²) in [6.45, 7) is 0.281. The maximum Gasteiger partial charge on any atom is 0.305 e. The molecule has 0 fully saturated rings. The predicted molar refractivity (Wildman–Crippen MR) is 63.4 cm³/mol. The van der Waals surface area contributed by atoms with Crippen LogP contribution in [0.25, 0.3) is 0 Å². The third kappa shape index (κ3) is 3.97. The Balaban J connectivity index is 2.46. The summed E-state index contributed by atoms with van der Waals surface area (Å²) in [6.07, 6.45) is 0.654. The Morgan fingerprint density at radius 2 is 2.06 bits per heavy atom. The van der Waals surface area contributed by atoms with Gasteiger partial charge in [-0.2, -0.15) is 0 Å². The van der Waals surface area contributed by atoms with Crippen molar-refractivity contribution in [3.63, 3.8) is 0 Å². The van der Waals surface area contributed by atoms with Crippen molar-refractivity contribution in [3.8, 4) is 11.5 Å². The quantitative estimate of drug-likeness (QED) is 0.409. The van der Waals surface area contributed by atoms with Crippen LogP contribution in [0.15, 0.2) is 18.2 Å². The van der Waals surface area contributed by atoms with Crippen molar-refractivity contribution in [3.05, 3.63) is 23.8 Å². The molecule has 0 aliphatic carbocycles. The van der Waals surface area contributed by atoms with Gasteiger partial charge in [0.15, 0.2) is 0 Å². The van der Waals surface area contributed by atoms with E-state index in [0.717, 1.165) is 0 Å². The Morgan fingerprint density at radius 3 is 2.72 bits per heavy atom. The van der Waals surface area contributed by atoms with Gasteiger partial charge >= 0.3 is 5.97 Å². The Morgan fingerprint density at radius 1 is 1.33 bits per heavy atom. The first-order valence-corrected chi connectivity index (χ1v) is 5.41. The summed E-state index contributed by atoms with van der Waals surface area (Å²) in [5.74, 6) is -1.16. The van der Waals surface area contributed by atoms with Crippen molar-refractivity contribution in [1.29, 1.82) is 0 Å². The number of esters is 1. The Bertz CT molecular complexity index is 444. The fourth-order valence-corrected chi connectivity index (χ4v) is 1.34. The zero-order chi connectivity index (χ0) is 13.5. The third-order valence-electron chi connectivity index (χ3n) is 2.30. The summed E-state index contributed by atoms with van der Waals surface area (Å²) < 4.78 is 4.45. The van der Waals surface area contributed by atoms with E-state index in [-0.39, 0.29) is 36.0 Å². The van der Waals surface area contributed by atoms with E-state index in [1.54, 1.807) is 0 Å². The van der Waals surface area contributed by atoms with Crippen LogP contribution in [0, 0.1) is 0 Å². The lowest BCUT2D eigenvalue weighted by Gasteiger charge is -2.06. The minimum Gasteiger partial charge on any atom is -0.508 e. The number of methoxy groups -OCH3 is 1. The van der Waals surface area contributed by atoms with E-state index in [2.05, 4.69) is 10.1 Å². The second-order valence-corrected chi connectivity index (χ2v) is 3.64. The van der Waals surface area contributed by atoms with Gasteiger partial charge in [0.1, 0.15) is 11.5 Å². The van der Waals surface area contributed by atoms with Gasteiger partial charge in [0, 0.05) is 13.0 Å². The van der Waals surface area contributed by atoms with Crippen LogP contribution in [-0.4, -0.2) is 35.7 Å². The molecule has 18 heavy (non-hydrogen) atoms. The minimum atomic E-state index is -0.506. The van der Waals surface area contributed by atoms with Gasteiger partial charge in [-0.05, 0) is 24.6 Å². The molecule has 6 nitrogen and oxygen atoms in total. The molecular weight excluding hydrogens is 238 g/mol. The number of phenols is 2. The van der Waals surface area contributed by atoms with Crippen LogP contribution < -0.4 is 5.32 Å². The highest BCUT2D eigenvalue weighted by atomic mass is 16.5. The Labute approximate surface area is 104 Å². The smallest absolute Gasteiger partial charge is 0.305 e. The van der Waals surface area contributed by atoms with E-state index < -0.39 is 5.91 Å². The number of ether oxygens (including phenoxy) is 1. The molecule has 6 heteroatoms.